The van der Waals surface area contributed by atoms with Gasteiger partial charge < -0.3 is 4.57 Å². The van der Waals surface area contributed by atoms with Crippen LogP contribution in [0.4, 0.5) is 0 Å². The third kappa shape index (κ3) is 1.58. The van der Waals surface area contributed by atoms with E-state index in [9.17, 15) is 0 Å². The Kier molecular flexibility index (Phi) is 2.07. The standard InChI is InChI=1S/C10H9ClN2/c1-8(11)6-13-7-12-9-4-2-3-5-10(9)13/h2-5,7H,1,6H2. The summed E-state index contributed by atoms with van der Waals surface area (Å²) in [5.41, 5.74) is 2.07. The molecule has 2 rings (SSSR count). The summed E-state index contributed by atoms with van der Waals surface area (Å²) in [5, 5.41) is 0.614. The lowest BCUT2D eigenvalue weighted by atomic mass is 10.3. The molecule has 66 valence electrons. The van der Waals surface area contributed by atoms with Crippen molar-refractivity contribution in [3.63, 3.8) is 0 Å². The number of hydrogen-bond acceptors (Lipinski definition) is 1. The molecule has 0 amide bonds. The summed E-state index contributed by atoms with van der Waals surface area (Å²) in [6.07, 6.45) is 1.78. The lowest BCUT2D eigenvalue weighted by molar-refractivity contribution is 0.840. The summed E-state index contributed by atoms with van der Waals surface area (Å²) in [6, 6.07) is 7.94. The van der Waals surface area contributed by atoms with Crippen LogP contribution in [0.2, 0.25) is 0 Å². The van der Waals surface area contributed by atoms with Crippen LogP contribution in [-0.2, 0) is 6.54 Å². The lowest BCUT2D eigenvalue weighted by Crippen LogP contribution is -1.94. The molecule has 0 saturated heterocycles. The second-order valence-corrected chi connectivity index (χ2v) is 3.41. The van der Waals surface area contributed by atoms with Gasteiger partial charge in [0.15, 0.2) is 0 Å². The summed E-state index contributed by atoms with van der Waals surface area (Å²) in [6.45, 7) is 4.27. The number of hydrogen-bond donors (Lipinski definition) is 0. The van der Waals surface area contributed by atoms with Crippen molar-refractivity contribution in [3.8, 4) is 0 Å². The van der Waals surface area contributed by atoms with Gasteiger partial charge in [0, 0.05) is 5.03 Å². The Morgan fingerprint density at radius 1 is 1.46 bits per heavy atom. The van der Waals surface area contributed by atoms with Gasteiger partial charge in [-0.1, -0.05) is 30.3 Å². The van der Waals surface area contributed by atoms with E-state index in [-0.39, 0.29) is 0 Å². The smallest absolute Gasteiger partial charge is 0.0961 e. The van der Waals surface area contributed by atoms with Gasteiger partial charge in [0.2, 0.25) is 0 Å². The number of nitrogens with zero attached hydrogens (tertiary/aromatic N) is 2. The SMILES string of the molecule is C=C(Cl)Cn1cnc2ccccc21. The molecule has 0 saturated carbocycles. The molecule has 0 aliphatic heterocycles. The maximum Gasteiger partial charge on any atom is 0.0961 e. The van der Waals surface area contributed by atoms with Crippen molar-refractivity contribution in [2.75, 3.05) is 0 Å². The Morgan fingerprint density at radius 3 is 3.00 bits per heavy atom. The molecule has 3 heteroatoms. The highest BCUT2D eigenvalue weighted by atomic mass is 35.5. The molecule has 0 radical (unpaired) electrons. The number of allylic oxidation sites excluding steroid dienone is 1. The first-order chi connectivity index (χ1) is 6.27. The number of para-hydroxylation sites is 2. The van der Waals surface area contributed by atoms with Crippen LogP contribution < -0.4 is 0 Å². The fourth-order valence-electron chi connectivity index (χ4n) is 1.32. The van der Waals surface area contributed by atoms with Crippen molar-refractivity contribution in [1.82, 2.24) is 9.55 Å². The molecular weight excluding hydrogens is 184 g/mol. The first-order valence-corrected chi connectivity index (χ1v) is 4.38. The van der Waals surface area contributed by atoms with Crippen molar-refractivity contribution in [2.45, 2.75) is 6.54 Å². The average molecular weight is 193 g/mol. The molecule has 1 heterocycles. The highest BCUT2D eigenvalue weighted by Gasteiger charge is 2.00. The average Bonchev–Trinajstić information content (AvgIpc) is 2.48. The number of imidazole rings is 1. The Balaban J connectivity index is 2.51. The third-order valence-corrected chi connectivity index (χ3v) is 1.99. The Morgan fingerprint density at radius 2 is 2.23 bits per heavy atom. The highest BCUT2D eigenvalue weighted by molar-refractivity contribution is 6.29. The summed E-state index contributed by atoms with van der Waals surface area (Å²) >= 11 is 5.73. The van der Waals surface area contributed by atoms with Crippen LogP contribution in [0, 0.1) is 0 Å². The van der Waals surface area contributed by atoms with Gasteiger partial charge in [-0.15, -0.1) is 0 Å². The monoisotopic (exact) mass is 192 g/mol. The third-order valence-electron chi connectivity index (χ3n) is 1.87. The zero-order chi connectivity index (χ0) is 9.26. The van der Waals surface area contributed by atoms with Crippen molar-refractivity contribution in [1.29, 1.82) is 0 Å². The predicted octanol–water partition coefficient (Wildman–Crippen LogP) is 2.79. The molecular formula is C10H9ClN2. The van der Waals surface area contributed by atoms with Crippen molar-refractivity contribution >= 4 is 22.6 Å². The topological polar surface area (TPSA) is 17.8 Å². The molecule has 0 spiro atoms. The molecule has 2 nitrogen and oxygen atoms in total. The predicted molar refractivity (Wildman–Crippen MR) is 54.7 cm³/mol. The van der Waals surface area contributed by atoms with E-state index in [4.69, 9.17) is 11.6 Å². The fraction of sp³-hybridized carbons (Fsp3) is 0.100. The van der Waals surface area contributed by atoms with Gasteiger partial charge in [-0.2, -0.15) is 0 Å². The molecule has 0 aliphatic carbocycles. The number of rotatable bonds is 2. The van der Waals surface area contributed by atoms with Crippen molar-refractivity contribution in [3.05, 3.63) is 42.2 Å². The van der Waals surface area contributed by atoms with E-state index < -0.39 is 0 Å². The van der Waals surface area contributed by atoms with Crippen LogP contribution in [0.5, 0.6) is 0 Å². The summed E-state index contributed by atoms with van der Waals surface area (Å²) in [4.78, 5) is 4.23. The van der Waals surface area contributed by atoms with Gasteiger partial charge >= 0.3 is 0 Å². The van der Waals surface area contributed by atoms with Crippen LogP contribution in [0.1, 0.15) is 0 Å². The molecule has 0 fully saturated rings. The molecule has 1 aromatic heterocycles. The van der Waals surface area contributed by atoms with E-state index >= 15 is 0 Å². The molecule has 0 aliphatic rings. The quantitative estimate of drug-likeness (QED) is 0.716. The molecule has 0 unspecified atom stereocenters. The maximum atomic E-state index is 5.73. The first-order valence-electron chi connectivity index (χ1n) is 4.00. The van der Waals surface area contributed by atoms with E-state index in [2.05, 4.69) is 11.6 Å². The van der Waals surface area contributed by atoms with Crippen LogP contribution in [0.25, 0.3) is 11.0 Å². The number of benzene rings is 1. The Hall–Kier alpha value is -1.28. The molecule has 1 aromatic carbocycles. The minimum Gasteiger partial charge on any atom is -0.325 e. The summed E-state index contributed by atoms with van der Waals surface area (Å²) in [5.74, 6) is 0. The van der Waals surface area contributed by atoms with Gasteiger partial charge in [0.1, 0.15) is 0 Å². The summed E-state index contributed by atoms with van der Waals surface area (Å²) < 4.78 is 1.98. The number of aromatic nitrogens is 2. The van der Waals surface area contributed by atoms with Gasteiger partial charge in [0.25, 0.3) is 0 Å². The second kappa shape index (κ2) is 3.23. The number of fused-ring (bicyclic) bond motifs is 1. The van der Waals surface area contributed by atoms with E-state index in [1.165, 1.54) is 0 Å². The largest absolute Gasteiger partial charge is 0.325 e. The lowest BCUT2D eigenvalue weighted by Gasteiger charge is -2.00. The maximum absolute atomic E-state index is 5.73. The summed E-state index contributed by atoms with van der Waals surface area (Å²) in [7, 11) is 0. The normalized spacial score (nSPS) is 10.5. The highest BCUT2D eigenvalue weighted by Crippen LogP contribution is 2.13. The van der Waals surface area contributed by atoms with Crippen LogP contribution in [-0.4, -0.2) is 9.55 Å². The molecule has 2 aromatic rings. The van der Waals surface area contributed by atoms with Crippen LogP contribution in [0.15, 0.2) is 42.2 Å². The van der Waals surface area contributed by atoms with E-state index in [1.807, 2.05) is 28.8 Å². The van der Waals surface area contributed by atoms with Crippen LogP contribution in [0.3, 0.4) is 0 Å². The molecule has 0 bridgehead atoms. The second-order valence-electron chi connectivity index (χ2n) is 2.88. The zero-order valence-electron chi connectivity index (χ0n) is 7.07. The van der Waals surface area contributed by atoms with Crippen molar-refractivity contribution < 1.29 is 0 Å². The molecule has 0 N–H and O–H groups in total. The zero-order valence-corrected chi connectivity index (χ0v) is 7.83. The minimum atomic E-state index is 0.613. The van der Waals surface area contributed by atoms with E-state index in [1.54, 1.807) is 6.33 Å². The minimum absolute atomic E-state index is 0.613. The first kappa shape index (κ1) is 8.32. The Labute approximate surface area is 81.5 Å². The van der Waals surface area contributed by atoms with Crippen molar-refractivity contribution in [2.24, 2.45) is 0 Å². The van der Waals surface area contributed by atoms with E-state index in [0.29, 0.717) is 11.6 Å². The molecule has 0 atom stereocenters. The van der Waals surface area contributed by atoms with Gasteiger partial charge in [-0.3, -0.25) is 0 Å². The van der Waals surface area contributed by atoms with E-state index in [0.717, 1.165) is 11.0 Å². The van der Waals surface area contributed by atoms with Gasteiger partial charge in [0.05, 0.1) is 23.9 Å². The number of halogens is 1. The fourth-order valence-corrected chi connectivity index (χ4v) is 1.45. The van der Waals surface area contributed by atoms with Gasteiger partial charge in [-0.05, 0) is 12.1 Å². The van der Waals surface area contributed by atoms with Crippen LogP contribution >= 0.6 is 11.6 Å². The molecule has 13 heavy (non-hydrogen) atoms. The Bertz CT molecular complexity index is 445. The van der Waals surface area contributed by atoms with Gasteiger partial charge in [-0.25, -0.2) is 4.98 Å².